The smallest absolute Gasteiger partial charge is 0.242 e. The largest absolute Gasteiger partial charge is 0.389 e. The van der Waals surface area contributed by atoms with E-state index in [1.54, 1.807) is 6.07 Å². The molecule has 0 fully saturated rings. The second-order valence-corrected chi connectivity index (χ2v) is 8.56. The maximum Gasteiger partial charge on any atom is 0.242 e. The molecule has 0 saturated carbocycles. The fourth-order valence-electron chi connectivity index (χ4n) is 1.55. The first-order valence-corrected chi connectivity index (χ1v) is 9.56. The standard InChI is InChI=1S/C12H10BrClN2O2S3/c13-8-4-9(20-6-8)5-16-21(17,18)11-3-7(12(15)19)1-2-10(11)14/h1-4,6,16H,5H2,(H2,15,19). The number of sulfonamides is 1. The van der Waals surface area contributed by atoms with Crippen LogP contribution in [0.25, 0.3) is 0 Å². The number of thiocarbonyl (C=S) groups is 1. The van der Waals surface area contributed by atoms with Gasteiger partial charge in [0, 0.05) is 26.8 Å². The average molecular weight is 426 g/mol. The summed E-state index contributed by atoms with van der Waals surface area (Å²) in [6.07, 6.45) is 0. The first-order chi connectivity index (χ1) is 9.79. The van der Waals surface area contributed by atoms with Crippen molar-refractivity contribution in [3.8, 4) is 0 Å². The summed E-state index contributed by atoms with van der Waals surface area (Å²) in [5.74, 6) is 0. The molecule has 2 aromatic rings. The molecule has 1 aromatic carbocycles. The Morgan fingerprint density at radius 3 is 2.71 bits per heavy atom. The Hall–Kier alpha value is -0.510. The Labute approximate surface area is 145 Å². The Balaban J connectivity index is 2.26. The zero-order chi connectivity index (χ0) is 15.6. The van der Waals surface area contributed by atoms with Crippen molar-refractivity contribution >= 4 is 66.1 Å². The minimum absolute atomic E-state index is 0.0370. The molecule has 2 rings (SSSR count). The van der Waals surface area contributed by atoms with Crippen molar-refractivity contribution < 1.29 is 8.42 Å². The summed E-state index contributed by atoms with van der Waals surface area (Å²) in [6.45, 7) is 0.187. The number of hydrogen-bond acceptors (Lipinski definition) is 4. The van der Waals surface area contributed by atoms with Crippen molar-refractivity contribution in [1.29, 1.82) is 0 Å². The van der Waals surface area contributed by atoms with Crippen LogP contribution in [0.1, 0.15) is 10.4 Å². The summed E-state index contributed by atoms with van der Waals surface area (Å²) in [5.41, 5.74) is 5.97. The van der Waals surface area contributed by atoms with Crippen LogP contribution in [0, 0.1) is 0 Å². The molecule has 0 amide bonds. The third-order valence-corrected chi connectivity index (χ3v) is 6.38. The fraction of sp³-hybridized carbons (Fsp3) is 0.0833. The van der Waals surface area contributed by atoms with E-state index in [1.807, 2.05) is 11.4 Å². The molecule has 1 heterocycles. The maximum absolute atomic E-state index is 12.3. The molecule has 0 aliphatic carbocycles. The van der Waals surface area contributed by atoms with Gasteiger partial charge in [-0.05, 0) is 34.1 Å². The monoisotopic (exact) mass is 424 g/mol. The zero-order valence-corrected chi connectivity index (χ0v) is 15.3. The van der Waals surface area contributed by atoms with Crippen LogP contribution in [-0.4, -0.2) is 13.4 Å². The van der Waals surface area contributed by atoms with E-state index in [9.17, 15) is 8.42 Å². The predicted molar refractivity (Wildman–Crippen MR) is 93.4 cm³/mol. The van der Waals surface area contributed by atoms with E-state index >= 15 is 0 Å². The minimum atomic E-state index is -3.74. The van der Waals surface area contributed by atoms with Crippen LogP contribution in [0.5, 0.6) is 0 Å². The van der Waals surface area contributed by atoms with Crippen molar-refractivity contribution in [1.82, 2.24) is 4.72 Å². The number of nitrogens with one attached hydrogen (secondary N) is 1. The molecule has 21 heavy (non-hydrogen) atoms. The third kappa shape index (κ3) is 4.24. The van der Waals surface area contributed by atoms with E-state index in [4.69, 9.17) is 29.6 Å². The van der Waals surface area contributed by atoms with E-state index in [2.05, 4.69) is 20.7 Å². The molecule has 1 aromatic heterocycles. The number of benzene rings is 1. The second-order valence-electron chi connectivity index (χ2n) is 4.07. The molecule has 0 bridgehead atoms. The second kappa shape index (κ2) is 6.72. The van der Waals surface area contributed by atoms with Gasteiger partial charge >= 0.3 is 0 Å². The highest BCUT2D eigenvalue weighted by atomic mass is 79.9. The predicted octanol–water partition coefficient (Wildman–Crippen LogP) is 3.28. The summed E-state index contributed by atoms with van der Waals surface area (Å²) >= 11 is 15.6. The molecule has 0 saturated heterocycles. The lowest BCUT2D eigenvalue weighted by Gasteiger charge is -2.09. The average Bonchev–Trinajstić information content (AvgIpc) is 2.82. The van der Waals surface area contributed by atoms with E-state index in [0.29, 0.717) is 5.56 Å². The van der Waals surface area contributed by atoms with Gasteiger partial charge in [0.2, 0.25) is 10.0 Å². The van der Waals surface area contributed by atoms with E-state index in [0.717, 1.165) is 9.35 Å². The van der Waals surface area contributed by atoms with Gasteiger partial charge in [-0.2, -0.15) is 0 Å². The van der Waals surface area contributed by atoms with Gasteiger partial charge in [0.25, 0.3) is 0 Å². The summed E-state index contributed by atoms with van der Waals surface area (Å²) in [6, 6.07) is 6.27. The van der Waals surface area contributed by atoms with Crippen molar-refractivity contribution in [2.75, 3.05) is 0 Å². The maximum atomic E-state index is 12.3. The van der Waals surface area contributed by atoms with Gasteiger partial charge in [-0.15, -0.1) is 11.3 Å². The van der Waals surface area contributed by atoms with Crippen molar-refractivity contribution in [3.63, 3.8) is 0 Å². The fourth-order valence-corrected chi connectivity index (χ4v) is 4.69. The summed E-state index contributed by atoms with van der Waals surface area (Å²) in [7, 11) is -3.74. The zero-order valence-electron chi connectivity index (χ0n) is 10.5. The lowest BCUT2D eigenvalue weighted by molar-refractivity contribution is 0.582. The Morgan fingerprint density at radius 1 is 1.43 bits per heavy atom. The molecule has 0 atom stereocenters. The van der Waals surface area contributed by atoms with Crippen molar-refractivity contribution in [3.05, 3.63) is 49.6 Å². The molecule has 0 radical (unpaired) electrons. The number of rotatable bonds is 5. The van der Waals surface area contributed by atoms with Crippen LogP contribution in [0.15, 0.2) is 39.0 Å². The molecule has 0 aliphatic heterocycles. The SMILES string of the molecule is NC(=S)c1ccc(Cl)c(S(=O)(=O)NCc2cc(Br)cs2)c1. The van der Waals surface area contributed by atoms with Gasteiger partial charge in [-0.1, -0.05) is 29.9 Å². The first kappa shape index (κ1) is 16.9. The highest BCUT2D eigenvalue weighted by molar-refractivity contribution is 9.10. The minimum Gasteiger partial charge on any atom is -0.389 e. The van der Waals surface area contributed by atoms with Gasteiger partial charge in [-0.3, -0.25) is 0 Å². The Kier molecular flexibility index (Phi) is 5.39. The van der Waals surface area contributed by atoms with Crippen molar-refractivity contribution in [2.45, 2.75) is 11.4 Å². The molecule has 4 nitrogen and oxygen atoms in total. The van der Waals surface area contributed by atoms with E-state index in [-0.39, 0.29) is 21.5 Å². The molecule has 0 aliphatic rings. The molecule has 3 N–H and O–H groups in total. The Morgan fingerprint density at radius 2 is 2.14 bits per heavy atom. The van der Waals surface area contributed by atoms with Gasteiger partial charge in [-0.25, -0.2) is 13.1 Å². The van der Waals surface area contributed by atoms with Crippen LogP contribution < -0.4 is 10.5 Å². The molecule has 9 heteroatoms. The molecular formula is C12H10BrClN2O2S3. The third-order valence-electron chi connectivity index (χ3n) is 2.56. The number of hydrogen-bond donors (Lipinski definition) is 2. The molecule has 0 unspecified atom stereocenters. The van der Waals surface area contributed by atoms with E-state index in [1.165, 1.54) is 23.5 Å². The van der Waals surface area contributed by atoms with Gasteiger partial charge in [0.05, 0.1) is 5.02 Å². The molecule has 112 valence electrons. The van der Waals surface area contributed by atoms with Crippen LogP contribution in [0.4, 0.5) is 0 Å². The van der Waals surface area contributed by atoms with Gasteiger partial charge < -0.3 is 5.73 Å². The van der Waals surface area contributed by atoms with Gasteiger partial charge in [0.15, 0.2) is 0 Å². The highest BCUT2D eigenvalue weighted by Gasteiger charge is 2.19. The van der Waals surface area contributed by atoms with Crippen LogP contribution in [-0.2, 0) is 16.6 Å². The lowest BCUT2D eigenvalue weighted by Crippen LogP contribution is -2.23. The normalized spacial score (nSPS) is 11.5. The lowest BCUT2D eigenvalue weighted by atomic mass is 10.2. The van der Waals surface area contributed by atoms with Crippen LogP contribution in [0.3, 0.4) is 0 Å². The first-order valence-electron chi connectivity index (χ1n) is 5.61. The Bertz CT molecular complexity index is 790. The number of halogens is 2. The van der Waals surface area contributed by atoms with Crippen LogP contribution >= 0.6 is 51.1 Å². The molecule has 0 spiro atoms. The van der Waals surface area contributed by atoms with Crippen LogP contribution in [0.2, 0.25) is 5.02 Å². The van der Waals surface area contributed by atoms with Crippen molar-refractivity contribution in [2.24, 2.45) is 5.73 Å². The molecular weight excluding hydrogens is 416 g/mol. The quantitative estimate of drug-likeness (QED) is 0.721. The highest BCUT2D eigenvalue weighted by Crippen LogP contribution is 2.24. The number of nitrogens with two attached hydrogens (primary N) is 1. The summed E-state index contributed by atoms with van der Waals surface area (Å²) < 4.78 is 28.1. The topological polar surface area (TPSA) is 72.2 Å². The van der Waals surface area contributed by atoms with Gasteiger partial charge in [0.1, 0.15) is 9.88 Å². The number of thiophene rings is 1. The summed E-state index contributed by atoms with van der Waals surface area (Å²) in [5, 5.41) is 2.00. The van der Waals surface area contributed by atoms with E-state index < -0.39 is 10.0 Å². The summed E-state index contributed by atoms with van der Waals surface area (Å²) in [4.78, 5) is 0.961.